The molecule has 152 valence electrons. The summed E-state index contributed by atoms with van der Waals surface area (Å²) >= 11 is 0. The van der Waals surface area contributed by atoms with E-state index >= 15 is 0 Å². The van der Waals surface area contributed by atoms with Crippen LogP contribution in [-0.4, -0.2) is 36.4 Å². The molecule has 0 aromatic heterocycles. The van der Waals surface area contributed by atoms with Crippen LogP contribution in [0.1, 0.15) is 16.7 Å². The Morgan fingerprint density at radius 3 is 1.83 bits per heavy atom. The van der Waals surface area contributed by atoms with Crippen LogP contribution in [0.2, 0.25) is 0 Å². The van der Waals surface area contributed by atoms with Gasteiger partial charge in [0.25, 0.3) is 0 Å². The van der Waals surface area contributed by atoms with Crippen molar-refractivity contribution >= 4 is 0 Å². The van der Waals surface area contributed by atoms with E-state index < -0.39 is 6.10 Å². The maximum Gasteiger partial charge on any atom is 0.118 e. The summed E-state index contributed by atoms with van der Waals surface area (Å²) in [5.41, 5.74) is 3.52. The molecular formula is C25H29NO3. The number of aliphatic hydroxyl groups is 1. The fourth-order valence-electron chi connectivity index (χ4n) is 3.25. The highest BCUT2D eigenvalue weighted by Gasteiger charge is 2.13. The highest BCUT2D eigenvalue weighted by atomic mass is 16.5. The third kappa shape index (κ3) is 7.35. The second-order valence-corrected chi connectivity index (χ2v) is 7.16. The molecule has 0 saturated heterocycles. The van der Waals surface area contributed by atoms with Gasteiger partial charge in [-0.3, -0.25) is 4.90 Å². The molecule has 4 nitrogen and oxygen atoms in total. The quantitative estimate of drug-likeness (QED) is 0.530. The summed E-state index contributed by atoms with van der Waals surface area (Å²) < 4.78 is 10.9. The zero-order chi connectivity index (χ0) is 20.3. The molecule has 3 rings (SSSR count). The van der Waals surface area contributed by atoms with Gasteiger partial charge in [0.2, 0.25) is 0 Å². The van der Waals surface area contributed by atoms with Gasteiger partial charge < -0.3 is 14.6 Å². The Kier molecular flexibility index (Phi) is 8.25. The first kappa shape index (κ1) is 21.1. The maximum absolute atomic E-state index is 10.5. The van der Waals surface area contributed by atoms with Crippen LogP contribution in [0.4, 0.5) is 0 Å². The van der Waals surface area contributed by atoms with Gasteiger partial charge in [0.15, 0.2) is 0 Å². The van der Waals surface area contributed by atoms with Crippen molar-refractivity contribution in [1.29, 1.82) is 0 Å². The normalized spacial score (nSPS) is 12.1. The molecule has 0 aliphatic rings. The summed E-state index contributed by atoms with van der Waals surface area (Å²) in [7, 11) is 1.65. The molecule has 4 heteroatoms. The molecule has 1 N–H and O–H groups in total. The second kappa shape index (κ2) is 11.4. The molecule has 0 aliphatic heterocycles. The van der Waals surface area contributed by atoms with Crippen molar-refractivity contribution in [1.82, 2.24) is 4.90 Å². The summed E-state index contributed by atoms with van der Waals surface area (Å²) in [4.78, 5) is 2.26. The average molecular weight is 392 g/mol. The van der Waals surface area contributed by atoms with E-state index in [2.05, 4.69) is 29.2 Å². The van der Waals surface area contributed by atoms with E-state index in [-0.39, 0.29) is 0 Å². The zero-order valence-corrected chi connectivity index (χ0v) is 16.9. The molecule has 0 spiro atoms. The van der Waals surface area contributed by atoms with Crippen LogP contribution in [0.15, 0.2) is 84.9 Å². The Balaban J connectivity index is 1.52. The number of methoxy groups -OCH3 is 1. The smallest absolute Gasteiger partial charge is 0.118 e. The summed E-state index contributed by atoms with van der Waals surface area (Å²) in [6.07, 6.45) is -0.555. The fourth-order valence-corrected chi connectivity index (χ4v) is 3.25. The van der Waals surface area contributed by atoms with E-state index in [0.29, 0.717) is 19.8 Å². The highest BCUT2D eigenvalue weighted by molar-refractivity contribution is 5.26. The summed E-state index contributed by atoms with van der Waals surface area (Å²) in [6.45, 7) is 2.88. The van der Waals surface area contributed by atoms with Gasteiger partial charge in [-0.2, -0.15) is 0 Å². The van der Waals surface area contributed by atoms with Gasteiger partial charge in [0, 0.05) is 19.6 Å². The first-order chi connectivity index (χ1) is 14.2. The molecule has 3 aromatic carbocycles. The van der Waals surface area contributed by atoms with E-state index in [1.807, 2.05) is 60.7 Å². The molecule has 0 fully saturated rings. The lowest BCUT2D eigenvalue weighted by atomic mass is 10.1. The van der Waals surface area contributed by atoms with Crippen LogP contribution in [0, 0.1) is 0 Å². The number of rotatable bonds is 11. The first-order valence-electron chi connectivity index (χ1n) is 9.92. The zero-order valence-electron chi connectivity index (χ0n) is 16.9. The number of hydrogen-bond donors (Lipinski definition) is 1. The van der Waals surface area contributed by atoms with E-state index in [1.54, 1.807) is 7.11 Å². The second-order valence-electron chi connectivity index (χ2n) is 7.16. The molecule has 1 atom stereocenters. The Hall–Kier alpha value is -2.66. The van der Waals surface area contributed by atoms with Gasteiger partial charge in [-0.05, 0) is 28.8 Å². The van der Waals surface area contributed by atoms with Crippen molar-refractivity contribution in [3.05, 3.63) is 102 Å². The predicted octanol–water partition coefficient (Wildman–Crippen LogP) is 4.28. The van der Waals surface area contributed by atoms with Crippen LogP contribution in [0.3, 0.4) is 0 Å². The van der Waals surface area contributed by atoms with Gasteiger partial charge in [-0.15, -0.1) is 0 Å². The van der Waals surface area contributed by atoms with Gasteiger partial charge >= 0.3 is 0 Å². The molecule has 0 amide bonds. The molecule has 0 saturated carbocycles. The number of benzene rings is 3. The van der Waals surface area contributed by atoms with Crippen molar-refractivity contribution in [3.63, 3.8) is 0 Å². The lowest BCUT2D eigenvalue weighted by Crippen LogP contribution is -2.34. The van der Waals surface area contributed by atoms with Gasteiger partial charge in [0.1, 0.15) is 5.75 Å². The number of nitrogens with zero attached hydrogens (tertiary/aromatic N) is 1. The Morgan fingerprint density at radius 2 is 1.31 bits per heavy atom. The van der Waals surface area contributed by atoms with Crippen molar-refractivity contribution in [2.45, 2.75) is 25.8 Å². The molecule has 3 aromatic rings. The maximum atomic E-state index is 10.5. The number of ether oxygens (including phenoxy) is 2. The number of aliphatic hydroxyl groups excluding tert-OH is 1. The average Bonchev–Trinajstić information content (AvgIpc) is 2.75. The molecule has 1 unspecified atom stereocenters. The van der Waals surface area contributed by atoms with Crippen molar-refractivity contribution in [3.8, 4) is 5.75 Å². The van der Waals surface area contributed by atoms with E-state index in [4.69, 9.17) is 9.47 Å². The van der Waals surface area contributed by atoms with Crippen LogP contribution >= 0.6 is 0 Å². The topological polar surface area (TPSA) is 41.9 Å². The highest BCUT2D eigenvalue weighted by Crippen LogP contribution is 2.13. The van der Waals surface area contributed by atoms with Crippen molar-refractivity contribution < 1.29 is 14.6 Å². The molecule has 29 heavy (non-hydrogen) atoms. The largest absolute Gasteiger partial charge is 0.497 e. The lowest BCUT2D eigenvalue weighted by Gasteiger charge is -2.25. The SMILES string of the molecule is COc1ccc(COCC(O)CN(Cc2ccccc2)Cc2ccccc2)cc1. The molecule has 0 aliphatic carbocycles. The third-order valence-corrected chi connectivity index (χ3v) is 4.70. The standard InChI is InChI=1S/C25H29NO3/c1-28-25-14-12-23(13-15-25)19-29-20-24(27)18-26(16-21-8-4-2-5-9-21)17-22-10-6-3-7-11-22/h2-15,24,27H,16-20H2,1H3. The third-order valence-electron chi connectivity index (χ3n) is 4.70. The minimum absolute atomic E-state index is 0.298. The molecular weight excluding hydrogens is 362 g/mol. The van der Waals surface area contributed by atoms with E-state index in [0.717, 1.165) is 24.4 Å². The van der Waals surface area contributed by atoms with Crippen LogP contribution in [0.5, 0.6) is 5.75 Å². The summed E-state index contributed by atoms with van der Waals surface area (Å²) in [6, 6.07) is 28.5. The monoisotopic (exact) mass is 391 g/mol. The minimum atomic E-state index is -0.555. The Morgan fingerprint density at radius 1 is 0.759 bits per heavy atom. The van der Waals surface area contributed by atoms with Gasteiger partial charge in [0.05, 0.1) is 26.4 Å². The Bertz CT molecular complexity index is 780. The molecule has 0 radical (unpaired) electrons. The van der Waals surface area contributed by atoms with Crippen molar-refractivity contribution in [2.24, 2.45) is 0 Å². The van der Waals surface area contributed by atoms with Gasteiger partial charge in [-0.1, -0.05) is 72.8 Å². The lowest BCUT2D eigenvalue weighted by molar-refractivity contribution is 0.00712. The van der Waals surface area contributed by atoms with Gasteiger partial charge in [-0.25, -0.2) is 0 Å². The first-order valence-corrected chi connectivity index (χ1v) is 9.92. The van der Waals surface area contributed by atoms with Crippen LogP contribution in [-0.2, 0) is 24.4 Å². The summed E-state index contributed by atoms with van der Waals surface area (Å²) in [5.74, 6) is 0.825. The van der Waals surface area contributed by atoms with E-state index in [1.165, 1.54) is 11.1 Å². The van der Waals surface area contributed by atoms with E-state index in [9.17, 15) is 5.11 Å². The molecule has 0 heterocycles. The van der Waals surface area contributed by atoms with Crippen LogP contribution in [0.25, 0.3) is 0 Å². The minimum Gasteiger partial charge on any atom is -0.497 e. The Labute approximate surface area is 173 Å². The summed E-state index contributed by atoms with van der Waals surface area (Å²) in [5, 5.41) is 10.5. The fraction of sp³-hybridized carbons (Fsp3) is 0.280. The predicted molar refractivity (Wildman–Crippen MR) is 116 cm³/mol. The number of hydrogen-bond acceptors (Lipinski definition) is 4. The van der Waals surface area contributed by atoms with Crippen LogP contribution < -0.4 is 4.74 Å². The van der Waals surface area contributed by atoms with Crippen molar-refractivity contribution in [2.75, 3.05) is 20.3 Å². The molecule has 0 bridgehead atoms.